The molecule has 2 aromatic rings. The smallest absolute Gasteiger partial charge is 0.419 e. The van der Waals surface area contributed by atoms with E-state index in [-0.39, 0.29) is 6.61 Å². The minimum atomic E-state index is -4.70. The van der Waals surface area contributed by atoms with Gasteiger partial charge in [0.15, 0.2) is 0 Å². The summed E-state index contributed by atoms with van der Waals surface area (Å²) in [6.07, 6.45) is -1.69. The minimum absolute atomic E-state index is 0.0939. The van der Waals surface area contributed by atoms with E-state index < -0.39 is 29.0 Å². The normalized spacial score (nSPS) is 11.2. The van der Waals surface area contributed by atoms with Crippen molar-refractivity contribution in [2.75, 3.05) is 0 Å². The van der Waals surface area contributed by atoms with Gasteiger partial charge in [-0.3, -0.25) is 4.98 Å². The number of ether oxygens (including phenoxy) is 1. The van der Waals surface area contributed by atoms with Crippen LogP contribution < -0.4 is 4.74 Å². The van der Waals surface area contributed by atoms with Crippen molar-refractivity contribution >= 4 is 5.97 Å². The number of hydrogen-bond acceptors (Lipinski definition) is 3. The zero-order valence-electron chi connectivity index (χ0n) is 10.6. The van der Waals surface area contributed by atoms with Crippen molar-refractivity contribution in [1.82, 2.24) is 4.98 Å². The molecule has 0 aliphatic rings. The van der Waals surface area contributed by atoms with Crippen LogP contribution in [0.5, 0.6) is 5.75 Å². The van der Waals surface area contributed by atoms with E-state index in [1.807, 2.05) is 0 Å². The van der Waals surface area contributed by atoms with Crippen molar-refractivity contribution in [3.63, 3.8) is 0 Å². The van der Waals surface area contributed by atoms with E-state index in [2.05, 4.69) is 4.98 Å². The van der Waals surface area contributed by atoms with E-state index in [0.717, 1.165) is 12.1 Å². The number of nitrogens with zero attached hydrogens (tertiary/aromatic N) is 1. The largest absolute Gasteiger partial charge is 0.488 e. The van der Waals surface area contributed by atoms with Crippen molar-refractivity contribution in [3.8, 4) is 5.75 Å². The molecule has 0 unspecified atom stereocenters. The van der Waals surface area contributed by atoms with E-state index in [9.17, 15) is 18.0 Å². The molecule has 4 nitrogen and oxygen atoms in total. The highest BCUT2D eigenvalue weighted by Crippen LogP contribution is 2.37. The first-order valence-corrected chi connectivity index (χ1v) is 5.84. The van der Waals surface area contributed by atoms with Crippen LogP contribution in [0.4, 0.5) is 13.2 Å². The zero-order valence-corrected chi connectivity index (χ0v) is 10.6. The van der Waals surface area contributed by atoms with E-state index in [1.54, 1.807) is 12.1 Å². The van der Waals surface area contributed by atoms with E-state index in [1.165, 1.54) is 12.4 Å². The zero-order chi connectivity index (χ0) is 15.5. The first-order valence-electron chi connectivity index (χ1n) is 5.84. The van der Waals surface area contributed by atoms with Crippen LogP contribution in [0.1, 0.15) is 21.5 Å². The van der Waals surface area contributed by atoms with Crippen molar-refractivity contribution in [2.45, 2.75) is 12.8 Å². The summed E-state index contributed by atoms with van der Waals surface area (Å²) in [7, 11) is 0. The molecular formula is C14H10F3NO3. The standard InChI is InChI=1S/C14H10F3NO3/c15-14(16,17)11-6-10(13(19)20)3-4-12(11)21-8-9-2-1-5-18-7-9/h1-7H,8H2,(H,19,20). The Bertz CT molecular complexity index is 642. The molecule has 2 rings (SSSR count). The number of benzene rings is 1. The van der Waals surface area contributed by atoms with Gasteiger partial charge in [0.1, 0.15) is 12.4 Å². The van der Waals surface area contributed by atoms with Gasteiger partial charge < -0.3 is 9.84 Å². The average molecular weight is 297 g/mol. The van der Waals surface area contributed by atoms with Crippen LogP contribution in [0.3, 0.4) is 0 Å². The molecule has 0 saturated heterocycles. The van der Waals surface area contributed by atoms with Crippen molar-refractivity contribution in [2.24, 2.45) is 0 Å². The Hall–Kier alpha value is -2.57. The second kappa shape index (κ2) is 5.82. The number of aromatic nitrogens is 1. The molecule has 21 heavy (non-hydrogen) atoms. The predicted molar refractivity (Wildman–Crippen MR) is 67.0 cm³/mol. The van der Waals surface area contributed by atoms with Gasteiger partial charge in [0.25, 0.3) is 0 Å². The predicted octanol–water partition coefficient (Wildman–Crippen LogP) is 3.38. The highest BCUT2D eigenvalue weighted by molar-refractivity contribution is 5.88. The second-order valence-corrected chi connectivity index (χ2v) is 4.16. The molecule has 110 valence electrons. The molecule has 0 radical (unpaired) electrons. The van der Waals surface area contributed by atoms with Crippen LogP contribution in [0.2, 0.25) is 0 Å². The molecule has 0 fully saturated rings. The Kier molecular flexibility index (Phi) is 4.11. The molecule has 1 aromatic carbocycles. The van der Waals surface area contributed by atoms with Crippen molar-refractivity contribution in [3.05, 3.63) is 59.4 Å². The summed E-state index contributed by atoms with van der Waals surface area (Å²) in [4.78, 5) is 14.6. The van der Waals surface area contributed by atoms with E-state index >= 15 is 0 Å². The maximum absolute atomic E-state index is 12.9. The van der Waals surface area contributed by atoms with E-state index in [0.29, 0.717) is 11.6 Å². The Morgan fingerprint density at radius 1 is 1.29 bits per heavy atom. The monoisotopic (exact) mass is 297 g/mol. The summed E-state index contributed by atoms with van der Waals surface area (Å²) >= 11 is 0. The van der Waals surface area contributed by atoms with Crippen molar-refractivity contribution in [1.29, 1.82) is 0 Å². The number of pyridine rings is 1. The summed E-state index contributed by atoms with van der Waals surface area (Å²) in [6, 6.07) is 5.92. The lowest BCUT2D eigenvalue weighted by molar-refractivity contribution is -0.139. The highest BCUT2D eigenvalue weighted by Gasteiger charge is 2.35. The number of carboxylic acids is 1. The number of alkyl halides is 3. The molecule has 1 heterocycles. The van der Waals surface area contributed by atoms with Gasteiger partial charge in [0.05, 0.1) is 11.1 Å². The van der Waals surface area contributed by atoms with Crippen LogP contribution in [0, 0.1) is 0 Å². The van der Waals surface area contributed by atoms with Crippen LogP contribution in [0.15, 0.2) is 42.7 Å². The summed E-state index contributed by atoms with van der Waals surface area (Å²) in [5.41, 5.74) is -0.963. The third-order valence-corrected chi connectivity index (χ3v) is 2.65. The number of hydrogen-bond donors (Lipinski definition) is 1. The summed E-state index contributed by atoms with van der Waals surface area (Å²) in [6.45, 7) is -0.0939. The van der Waals surface area contributed by atoms with Gasteiger partial charge in [0, 0.05) is 18.0 Å². The van der Waals surface area contributed by atoms with Crippen LogP contribution in [-0.4, -0.2) is 16.1 Å². The minimum Gasteiger partial charge on any atom is -0.488 e. The maximum atomic E-state index is 12.9. The van der Waals surface area contributed by atoms with Crippen LogP contribution in [0.25, 0.3) is 0 Å². The summed E-state index contributed by atoms with van der Waals surface area (Å²) in [5.74, 6) is -1.85. The quantitative estimate of drug-likeness (QED) is 0.940. The molecule has 0 aliphatic carbocycles. The Morgan fingerprint density at radius 2 is 2.05 bits per heavy atom. The fourth-order valence-corrected chi connectivity index (χ4v) is 1.65. The Morgan fingerprint density at radius 3 is 2.62 bits per heavy atom. The molecule has 0 atom stereocenters. The topological polar surface area (TPSA) is 59.4 Å². The second-order valence-electron chi connectivity index (χ2n) is 4.16. The average Bonchev–Trinajstić information content (AvgIpc) is 2.45. The molecule has 0 saturated carbocycles. The summed E-state index contributed by atoms with van der Waals surface area (Å²) in [5, 5.41) is 8.76. The number of aromatic carboxylic acids is 1. The molecular weight excluding hydrogens is 287 g/mol. The fraction of sp³-hybridized carbons (Fsp3) is 0.143. The fourth-order valence-electron chi connectivity index (χ4n) is 1.65. The van der Waals surface area contributed by atoms with Crippen LogP contribution >= 0.6 is 0 Å². The molecule has 0 spiro atoms. The molecule has 1 N–H and O–H groups in total. The van der Waals surface area contributed by atoms with Gasteiger partial charge >= 0.3 is 12.1 Å². The SMILES string of the molecule is O=C(O)c1ccc(OCc2cccnc2)c(C(F)(F)F)c1. The Balaban J connectivity index is 2.28. The van der Waals surface area contributed by atoms with Gasteiger partial charge in [0.2, 0.25) is 0 Å². The number of rotatable bonds is 4. The highest BCUT2D eigenvalue weighted by atomic mass is 19.4. The third kappa shape index (κ3) is 3.71. The number of carbonyl (C=O) groups is 1. The lowest BCUT2D eigenvalue weighted by atomic mass is 10.1. The van der Waals surface area contributed by atoms with E-state index in [4.69, 9.17) is 9.84 Å². The van der Waals surface area contributed by atoms with Gasteiger partial charge in [-0.25, -0.2) is 4.79 Å². The lowest BCUT2D eigenvalue weighted by Gasteiger charge is -2.14. The number of halogens is 3. The first-order chi connectivity index (χ1) is 9.88. The van der Waals surface area contributed by atoms with Gasteiger partial charge in [-0.2, -0.15) is 13.2 Å². The molecule has 0 amide bonds. The maximum Gasteiger partial charge on any atom is 0.419 e. The molecule has 0 bridgehead atoms. The third-order valence-electron chi connectivity index (χ3n) is 2.65. The Labute approximate surface area is 117 Å². The molecule has 1 aromatic heterocycles. The number of carboxylic acid groups (broad SMARTS) is 1. The van der Waals surface area contributed by atoms with Crippen molar-refractivity contribution < 1.29 is 27.8 Å². The molecule has 0 aliphatic heterocycles. The van der Waals surface area contributed by atoms with Gasteiger partial charge in [-0.05, 0) is 24.3 Å². The van der Waals surface area contributed by atoms with Gasteiger partial charge in [-0.1, -0.05) is 6.07 Å². The molecule has 7 heteroatoms. The van der Waals surface area contributed by atoms with Crippen LogP contribution in [-0.2, 0) is 12.8 Å². The first kappa shape index (κ1) is 14.8. The lowest BCUT2D eigenvalue weighted by Crippen LogP contribution is -2.11. The van der Waals surface area contributed by atoms with Gasteiger partial charge in [-0.15, -0.1) is 0 Å². The summed E-state index contributed by atoms with van der Waals surface area (Å²) < 4.78 is 43.9.